The van der Waals surface area contributed by atoms with E-state index in [-0.39, 0.29) is 6.04 Å². The summed E-state index contributed by atoms with van der Waals surface area (Å²) in [6.45, 7) is 2.97. The van der Waals surface area contributed by atoms with E-state index in [1.54, 1.807) is 6.33 Å². The molecule has 0 aliphatic carbocycles. The van der Waals surface area contributed by atoms with E-state index >= 15 is 0 Å². The Morgan fingerprint density at radius 3 is 2.70 bits per heavy atom. The van der Waals surface area contributed by atoms with E-state index in [1.165, 1.54) is 10.9 Å². The highest BCUT2D eigenvalue weighted by atomic mass is 14.9. The Bertz CT molecular complexity index is 692. The highest BCUT2D eigenvalue weighted by Gasteiger charge is 2.16. The van der Waals surface area contributed by atoms with Gasteiger partial charge in [0.2, 0.25) is 0 Å². The molecule has 0 radical (unpaired) electrons. The summed E-state index contributed by atoms with van der Waals surface area (Å²) in [5.41, 5.74) is 2.26. The van der Waals surface area contributed by atoms with Crippen LogP contribution in [0.5, 0.6) is 0 Å². The number of fused-ring (bicyclic) bond motifs is 1. The Kier molecular flexibility index (Phi) is 3.65. The molecule has 2 aromatic heterocycles. The van der Waals surface area contributed by atoms with E-state index in [0.29, 0.717) is 0 Å². The minimum Gasteiger partial charge on any atom is -0.306 e. The largest absolute Gasteiger partial charge is 0.306 e. The molecular formula is C16H16N4. The number of benzene rings is 1. The van der Waals surface area contributed by atoms with Crippen molar-refractivity contribution in [2.75, 3.05) is 6.54 Å². The summed E-state index contributed by atoms with van der Waals surface area (Å²) in [5, 5.41) is 5.85. The van der Waals surface area contributed by atoms with Crippen molar-refractivity contribution in [3.8, 4) is 0 Å². The van der Waals surface area contributed by atoms with E-state index in [4.69, 9.17) is 0 Å². The number of pyridine rings is 1. The van der Waals surface area contributed by atoms with Crippen molar-refractivity contribution in [2.24, 2.45) is 0 Å². The molecule has 2 heterocycles. The van der Waals surface area contributed by atoms with Gasteiger partial charge in [-0.25, -0.2) is 9.97 Å². The zero-order valence-corrected chi connectivity index (χ0v) is 11.3. The Balaban J connectivity index is 2.15. The second kappa shape index (κ2) is 5.75. The average Bonchev–Trinajstić information content (AvgIpc) is 2.53. The molecular weight excluding hydrogens is 248 g/mol. The van der Waals surface area contributed by atoms with Crippen LogP contribution < -0.4 is 5.32 Å². The van der Waals surface area contributed by atoms with Crippen LogP contribution in [0.15, 0.2) is 55.4 Å². The van der Waals surface area contributed by atoms with E-state index in [2.05, 4.69) is 45.4 Å². The van der Waals surface area contributed by atoms with Crippen molar-refractivity contribution in [1.29, 1.82) is 0 Å². The number of rotatable bonds is 4. The lowest BCUT2D eigenvalue weighted by Crippen LogP contribution is -2.22. The molecule has 0 amide bonds. The van der Waals surface area contributed by atoms with Crippen LogP contribution >= 0.6 is 0 Å². The highest BCUT2D eigenvalue weighted by Crippen LogP contribution is 2.27. The molecule has 0 saturated carbocycles. The lowest BCUT2D eigenvalue weighted by atomic mass is 9.96. The molecule has 4 heteroatoms. The van der Waals surface area contributed by atoms with Gasteiger partial charge in [-0.3, -0.25) is 4.98 Å². The number of hydrogen-bond acceptors (Lipinski definition) is 4. The molecule has 20 heavy (non-hydrogen) atoms. The molecule has 3 rings (SSSR count). The summed E-state index contributed by atoms with van der Waals surface area (Å²) in [7, 11) is 0. The summed E-state index contributed by atoms with van der Waals surface area (Å²) in [6, 6.07) is 8.42. The van der Waals surface area contributed by atoms with Crippen molar-refractivity contribution >= 4 is 10.8 Å². The second-order valence-electron chi connectivity index (χ2n) is 4.61. The van der Waals surface area contributed by atoms with Gasteiger partial charge >= 0.3 is 0 Å². The predicted octanol–water partition coefficient (Wildman–Crippen LogP) is 2.72. The fourth-order valence-corrected chi connectivity index (χ4v) is 2.46. The molecule has 100 valence electrons. The lowest BCUT2D eigenvalue weighted by Gasteiger charge is -2.19. The molecule has 3 aromatic rings. The zero-order valence-electron chi connectivity index (χ0n) is 11.3. The van der Waals surface area contributed by atoms with Crippen LogP contribution in [0.1, 0.15) is 24.1 Å². The zero-order chi connectivity index (χ0) is 13.8. The van der Waals surface area contributed by atoms with Crippen molar-refractivity contribution < 1.29 is 0 Å². The van der Waals surface area contributed by atoms with Crippen LogP contribution in [-0.2, 0) is 0 Å². The molecule has 1 aromatic carbocycles. The second-order valence-corrected chi connectivity index (χ2v) is 4.61. The van der Waals surface area contributed by atoms with Gasteiger partial charge in [0.15, 0.2) is 0 Å². The van der Waals surface area contributed by atoms with Gasteiger partial charge in [0.1, 0.15) is 6.33 Å². The van der Waals surface area contributed by atoms with Crippen LogP contribution in [0.4, 0.5) is 0 Å². The van der Waals surface area contributed by atoms with Gasteiger partial charge in [-0.05, 0) is 23.6 Å². The SMILES string of the molecule is CCNC(c1cncnc1)c1cccc2ccncc12. The Morgan fingerprint density at radius 2 is 1.90 bits per heavy atom. The molecule has 1 N–H and O–H groups in total. The third kappa shape index (κ3) is 2.38. The van der Waals surface area contributed by atoms with E-state index < -0.39 is 0 Å². The van der Waals surface area contributed by atoms with E-state index in [9.17, 15) is 0 Å². The van der Waals surface area contributed by atoms with Gasteiger partial charge in [0.25, 0.3) is 0 Å². The van der Waals surface area contributed by atoms with Gasteiger partial charge in [-0.15, -0.1) is 0 Å². The first-order chi connectivity index (χ1) is 9.90. The molecule has 0 fully saturated rings. The van der Waals surface area contributed by atoms with Crippen molar-refractivity contribution in [3.63, 3.8) is 0 Å². The quantitative estimate of drug-likeness (QED) is 0.787. The number of nitrogens with zero attached hydrogens (tertiary/aromatic N) is 3. The average molecular weight is 264 g/mol. The van der Waals surface area contributed by atoms with Crippen LogP contribution in [0.3, 0.4) is 0 Å². The predicted molar refractivity (Wildman–Crippen MR) is 79.3 cm³/mol. The maximum Gasteiger partial charge on any atom is 0.115 e. The third-order valence-electron chi connectivity index (χ3n) is 3.35. The standard InChI is InChI=1S/C16H16N4/c1-2-20-16(13-8-18-11-19-9-13)14-5-3-4-12-6-7-17-10-15(12)14/h3-11,16,20H,2H2,1H3. The number of hydrogen-bond donors (Lipinski definition) is 1. The molecule has 0 aliphatic rings. The monoisotopic (exact) mass is 264 g/mol. The first-order valence-electron chi connectivity index (χ1n) is 6.71. The first-order valence-corrected chi connectivity index (χ1v) is 6.71. The first kappa shape index (κ1) is 12.7. The van der Waals surface area contributed by atoms with Crippen molar-refractivity contribution in [3.05, 3.63) is 66.5 Å². The van der Waals surface area contributed by atoms with Crippen LogP contribution in [0.25, 0.3) is 10.8 Å². The molecule has 0 saturated heterocycles. The van der Waals surface area contributed by atoms with E-state index in [0.717, 1.165) is 17.5 Å². The van der Waals surface area contributed by atoms with Gasteiger partial charge in [0.05, 0.1) is 6.04 Å². The Morgan fingerprint density at radius 1 is 1.05 bits per heavy atom. The lowest BCUT2D eigenvalue weighted by molar-refractivity contribution is 0.629. The highest BCUT2D eigenvalue weighted by molar-refractivity contribution is 5.85. The minimum atomic E-state index is 0.0779. The normalized spacial score (nSPS) is 12.4. The fourth-order valence-electron chi connectivity index (χ4n) is 2.46. The summed E-state index contributed by atoms with van der Waals surface area (Å²) in [4.78, 5) is 12.5. The summed E-state index contributed by atoms with van der Waals surface area (Å²) in [6.07, 6.45) is 9.00. The number of aromatic nitrogens is 3. The fraction of sp³-hybridized carbons (Fsp3) is 0.188. The minimum absolute atomic E-state index is 0.0779. The Hall–Kier alpha value is -2.33. The van der Waals surface area contributed by atoms with Crippen molar-refractivity contribution in [2.45, 2.75) is 13.0 Å². The summed E-state index contributed by atoms with van der Waals surface area (Å²) < 4.78 is 0. The Labute approximate surface area is 117 Å². The third-order valence-corrected chi connectivity index (χ3v) is 3.35. The molecule has 1 unspecified atom stereocenters. The maximum absolute atomic E-state index is 4.25. The van der Waals surface area contributed by atoms with Gasteiger partial charge in [0, 0.05) is 35.7 Å². The smallest absolute Gasteiger partial charge is 0.115 e. The topological polar surface area (TPSA) is 50.7 Å². The number of nitrogens with one attached hydrogen (secondary N) is 1. The summed E-state index contributed by atoms with van der Waals surface area (Å²) in [5.74, 6) is 0. The molecule has 0 aliphatic heterocycles. The van der Waals surface area contributed by atoms with Gasteiger partial charge < -0.3 is 5.32 Å². The van der Waals surface area contributed by atoms with Crippen LogP contribution in [0, 0.1) is 0 Å². The molecule has 0 bridgehead atoms. The molecule has 4 nitrogen and oxygen atoms in total. The van der Waals surface area contributed by atoms with Crippen molar-refractivity contribution in [1.82, 2.24) is 20.3 Å². The summed E-state index contributed by atoms with van der Waals surface area (Å²) >= 11 is 0. The van der Waals surface area contributed by atoms with Crippen LogP contribution in [0.2, 0.25) is 0 Å². The van der Waals surface area contributed by atoms with Gasteiger partial charge in [-0.2, -0.15) is 0 Å². The molecule has 1 atom stereocenters. The molecule has 0 spiro atoms. The maximum atomic E-state index is 4.25. The van der Waals surface area contributed by atoms with Crippen LogP contribution in [-0.4, -0.2) is 21.5 Å². The van der Waals surface area contributed by atoms with Gasteiger partial charge in [-0.1, -0.05) is 25.1 Å². The van der Waals surface area contributed by atoms with E-state index in [1.807, 2.05) is 30.9 Å².